The summed E-state index contributed by atoms with van der Waals surface area (Å²) in [6.45, 7) is 5.52. The van der Waals surface area contributed by atoms with E-state index in [1.165, 1.54) is 37.7 Å². The molecular formula is C19H26N4O. The molecule has 1 saturated heterocycles. The molecule has 2 aromatic rings. The number of ether oxygens (including phenoxy) is 1. The molecule has 0 aromatic carbocycles. The molecule has 3 heterocycles. The van der Waals surface area contributed by atoms with Gasteiger partial charge in [-0.15, -0.1) is 0 Å². The van der Waals surface area contributed by atoms with Gasteiger partial charge in [-0.1, -0.05) is 19.3 Å². The van der Waals surface area contributed by atoms with E-state index in [2.05, 4.69) is 39.8 Å². The summed E-state index contributed by atoms with van der Waals surface area (Å²) in [6, 6.07) is 4.87. The highest BCUT2D eigenvalue weighted by Gasteiger charge is 2.18. The Morgan fingerprint density at radius 2 is 1.88 bits per heavy atom. The molecule has 0 amide bonds. The molecule has 2 fully saturated rings. The number of anilines is 1. The van der Waals surface area contributed by atoms with Crippen LogP contribution in [0.2, 0.25) is 0 Å². The summed E-state index contributed by atoms with van der Waals surface area (Å²) in [5, 5.41) is 4.78. The van der Waals surface area contributed by atoms with Crippen LogP contribution in [-0.2, 0) is 4.74 Å². The Hall–Kier alpha value is -1.88. The van der Waals surface area contributed by atoms with Crippen molar-refractivity contribution in [2.45, 2.75) is 45.1 Å². The van der Waals surface area contributed by atoms with E-state index in [-0.39, 0.29) is 0 Å². The lowest BCUT2D eigenvalue weighted by molar-refractivity contribution is 0.122. The Balaban J connectivity index is 1.53. The zero-order chi connectivity index (χ0) is 16.4. The fraction of sp³-hybridized carbons (Fsp3) is 0.579. The lowest BCUT2D eigenvalue weighted by Gasteiger charge is -2.27. The van der Waals surface area contributed by atoms with Crippen LogP contribution in [-0.4, -0.2) is 41.1 Å². The normalized spacial score (nSPS) is 19.6. The molecule has 5 nitrogen and oxygen atoms in total. The van der Waals surface area contributed by atoms with E-state index in [0.29, 0.717) is 6.04 Å². The first-order chi connectivity index (χ1) is 11.8. The summed E-state index contributed by atoms with van der Waals surface area (Å²) in [4.78, 5) is 6.96. The van der Waals surface area contributed by atoms with Gasteiger partial charge in [-0.25, -0.2) is 4.98 Å². The fourth-order valence-electron chi connectivity index (χ4n) is 3.82. The summed E-state index contributed by atoms with van der Waals surface area (Å²) in [7, 11) is 0. The van der Waals surface area contributed by atoms with E-state index >= 15 is 0 Å². The van der Waals surface area contributed by atoms with Gasteiger partial charge in [0.05, 0.1) is 24.9 Å². The van der Waals surface area contributed by atoms with Crippen LogP contribution >= 0.6 is 0 Å². The van der Waals surface area contributed by atoms with Crippen LogP contribution in [0.5, 0.6) is 0 Å². The first kappa shape index (κ1) is 15.6. The molecule has 4 rings (SSSR count). The zero-order valence-electron chi connectivity index (χ0n) is 14.4. The van der Waals surface area contributed by atoms with E-state index < -0.39 is 0 Å². The van der Waals surface area contributed by atoms with Crippen LogP contribution in [0.15, 0.2) is 24.5 Å². The molecule has 24 heavy (non-hydrogen) atoms. The average molecular weight is 326 g/mol. The number of hydrogen-bond donors (Lipinski definition) is 0. The second kappa shape index (κ2) is 6.93. The maximum Gasteiger partial charge on any atom is 0.128 e. The minimum absolute atomic E-state index is 0.576. The number of pyridine rings is 1. The van der Waals surface area contributed by atoms with Gasteiger partial charge < -0.3 is 9.64 Å². The van der Waals surface area contributed by atoms with Gasteiger partial charge in [-0.05, 0) is 31.9 Å². The molecular weight excluding hydrogens is 300 g/mol. The maximum atomic E-state index is 5.41. The van der Waals surface area contributed by atoms with Gasteiger partial charge in [-0.2, -0.15) is 5.10 Å². The van der Waals surface area contributed by atoms with Crippen molar-refractivity contribution in [1.29, 1.82) is 0 Å². The third kappa shape index (κ3) is 3.18. The van der Waals surface area contributed by atoms with Crippen molar-refractivity contribution in [3.05, 3.63) is 30.2 Å². The lowest BCUT2D eigenvalue weighted by Crippen LogP contribution is -2.36. The quantitative estimate of drug-likeness (QED) is 0.864. The first-order valence-corrected chi connectivity index (χ1v) is 9.16. The monoisotopic (exact) mass is 326 g/mol. The predicted molar refractivity (Wildman–Crippen MR) is 95.3 cm³/mol. The van der Waals surface area contributed by atoms with Gasteiger partial charge in [0.25, 0.3) is 0 Å². The van der Waals surface area contributed by atoms with Crippen molar-refractivity contribution >= 4 is 5.82 Å². The van der Waals surface area contributed by atoms with E-state index in [4.69, 9.17) is 9.84 Å². The van der Waals surface area contributed by atoms with Gasteiger partial charge in [0.2, 0.25) is 0 Å². The van der Waals surface area contributed by atoms with Crippen molar-refractivity contribution < 1.29 is 4.74 Å². The van der Waals surface area contributed by atoms with Crippen molar-refractivity contribution in [1.82, 2.24) is 14.8 Å². The highest BCUT2D eigenvalue weighted by atomic mass is 16.5. The number of rotatable bonds is 3. The summed E-state index contributed by atoms with van der Waals surface area (Å²) in [6.07, 6.45) is 10.8. The second-order valence-electron chi connectivity index (χ2n) is 6.90. The van der Waals surface area contributed by atoms with Gasteiger partial charge in [0, 0.05) is 36.6 Å². The first-order valence-electron chi connectivity index (χ1n) is 9.16. The minimum atomic E-state index is 0.576. The van der Waals surface area contributed by atoms with Gasteiger partial charge in [-0.3, -0.25) is 4.68 Å². The highest BCUT2D eigenvalue weighted by molar-refractivity contribution is 5.65. The third-order valence-electron chi connectivity index (χ3n) is 5.26. The molecule has 0 N–H and O–H groups in total. The Kier molecular flexibility index (Phi) is 4.52. The number of morpholine rings is 1. The molecule has 128 valence electrons. The molecule has 1 aliphatic heterocycles. The summed E-state index contributed by atoms with van der Waals surface area (Å²) >= 11 is 0. The van der Waals surface area contributed by atoms with Gasteiger partial charge in [0.15, 0.2) is 0 Å². The Bertz CT molecular complexity index is 667. The van der Waals surface area contributed by atoms with E-state index in [1.807, 2.05) is 6.20 Å². The Labute approximate surface area is 143 Å². The topological polar surface area (TPSA) is 43.2 Å². The largest absolute Gasteiger partial charge is 0.378 e. The molecule has 2 aromatic heterocycles. The van der Waals surface area contributed by atoms with Crippen molar-refractivity contribution in [3.63, 3.8) is 0 Å². The molecule has 5 heteroatoms. The molecule has 0 unspecified atom stereocenters. The van der Waals surface area contributed by atoms with Crippen LogP contribution in [0.3, 0.4) is 0 Å². The smallest absolute Gasteiger partial charge is 0.128 e. The second-order valence-corrected chi connectivity index (χ2v) is 6.90. The molecule has 1 saturated carbocycles. The van der Waals surface area contributed by atoms with Crippen LogP contribution in [0.1, 0.15) is 43.8 Å². The molecule has 2 aliphatic rings. The van der Waals surface area contributed by atoms with Crippen molar-refractivity contribution in [2.75, 3.05) is 31.2 Å². The SMILES string of the molecule is Cc1nn(C2CCCCC2)cc1-c1ccc(N2CCOCC2)nc1. The van der Waals surface area contributed by atoms with Gasteiger partial charge >= 0.3 is 0 Å². The average Bonchev–Trinajstić information content (AvgIpc) is 3.05. The van der Waals surface area contributed by atoms with Crippen LogP contribution in [0.4, 0.5) is 5.82 Å². The molecule has 0 spiro atoms. The molecule has 0 radical (unpaired) electrons. The number of hydrogen-bond acceptors (Lipinski definition) is 4. The van der Waals surface area contributed by atoms with Crippen LogP contribution in [0.25, 0.3) is 11.1 Å². The van der Waals surface area contributed by atoms with Crippen LogP contribution in [0, 0.1) is 6.92 Å². The van der Waals surface area contributed by atoms with E-state index in [1.54, 1.807) is 0 Å². The maximum absolute atomic E-state index is 5.41. The van der Waals surface area contributed by atoms with E-state index in [0.717, 1.165) is 43.4 Å². The van der Waals surface area contributed by atoms with Crippen molar-refractivity contribution in [3.8, 4) is 11.1 Å². The summed E-state index contributed by atoms with van der Waals surface area (Å²) < 4.78 is 7.60. The third-order valence-corrected chi connectivity index (χ3v) is 5.26. The molecule has 1 aliphatic carbocycles. The standard InChI is InChI=1S/C19H26N4O/c1-15-18(14-23(21-15)17-5-3-2-4-6-17)16-7-8-19(20-13-16)22-9-11-24-12-10-22/h7-8,13-14,17H,2-6,9-12H2,1H3. The minimum Gasteiger partial charge on any atom is -0.378 e. The lowest BCUT2D eigenvalue weighted by atomic mass is 9.96. The molecule has 0 bridgehead atoms. The molecule has 0 atom stereocenters. The zero-order valence-corrected chi connectivity index (χ0v) is 14.4. The Morgan fingerprint density at radius 3 is 2.58 bits per heavy atom. The summed E-state index contributed by atoms with van der Waals surface area (Å²) in [5.74, 6) is 1.04. The van der Waals surface area contributed by atoms with Gasteiger partial charge in [0.1, 0.15) is 5.82 Å². The van der Waals surface area contributed by atoms with Crippen LogP contribution < -0.4 is 4.90 Å². The summed E-state index contributed by atoms with van der Waals surface area (Å²) in [5.41, 5.74) is 3.47. The number of nitrogens with zero attached hydrogens (tertiary/aromatic N) is 4. The fourth-order valence-corrected chi connectivity index (χ4v) is 3.82. The Morgan fingerprint density at radius 1 is 1.08 bits per heavy atom. The highest BCUT2D eigenvalue weighted by Crippen LogP contribution is 2.31. The van der Waals surface area contributed by atoms with Crippen molar-refractivity contribution in [2.24, 2.45) is 0 Å². The number of aromatic nitrogens is 3. The van der Waals surface area contributed by atoms with E-state index in [9.17, 15) is 0 Å². The predicted octanol–water partition coefficient (Wildman–Crippen LogP) is 3.60. The number of aryl methyl sites for hydroxylation is 1.